The van der Waals surface area contributed by atoms with Gasteiger partial charge in [0.25, 0.3) is 0 Å². The van der Waals surface area contributed by atoms with Crippen molar-refractivity contribution < 1.29 is 4.79 Å². The number of amides is 1. The zero-order chi connectivity index (χ0) is 9.14. The quantitative estimate of drug-likeness (QED) is 0.614. The van der Waals surface area contributed by atoms with Crippen LogP contribution in [0.3, 0.4) is 0 Å². The lowest BCUT2D eigenvalue weighted by molar-refractivity contribution is -0.133. The van der Waals surface area contributed by atoms with Gasteiger partial charge in [-0.15, -0.1) is 0 Å². The topological polar surface area (TPSA) is 20.3 Å². The standard InChI is InChI=1S/C10H19NO.CH4/c1-4-10(12)11-6-8(2)5-9(3)7-11;/h8-9H,4-7H2,1-3H3;1H4. The van der Waals surface area contributed by atoms with Gasteiger partial charge in [0.2, 0.25) is 5.91 Å². The Hall–Kier alpha value is -0.530. The van der Waals surface area contributed by atoms with Gasteiger partial charge in [0.15, 0.2) is 0 Å². The number of carbonyl (C=O) groups excluding carboxylic acids is 1. The summed E-state index contributed by atoms with van der Waals surface area (Å²) < 4.78 is 0. The van der Waals surface area contributed by atoms with E-state index < -0.39 is 0 Å². The molecule has 2 unspecified atom stereocenters. The largest absolute Gasteiger partial charge is 0.342 e. The van der Waals surface area contributed by atoms with Gasteiger partial charge < -0.3 is 4.90 Å². The second kappa shape index (κ2) is 5.25. The Morgan fingerprint density at radius 2 is 1.77 bits per heavy atom. The van der Waals surface area contributed by atoms with Crippen molar-refractivity contribution in [3.63, 3.8) is 0 Å². The highest BCUT2D eigenvalue weighted by atomic mass is 16.2. The summed E-state index contributed by atoms with van der Waals surface area (Å²) in [7, 11) is 0. The molecule has 1 fully saturated rings. The molecular weight excluding hydrogens is 162 g/mol. The van der Waals surface area contributed by atoms with E-state index in [9.17, 15) is 4.79 Å². The van der Waals surface area contributed by atoms with Crippen molar-refractivity contribution in [2.24, 2.45) is 11.8 Å². The van der Waals surface area contributed by atoms with Crippen LogP contribution in [0.5, 0.6) is 0 Å². The fourth-order valence-corrected chi connectivity index (χ4v) is 2.09. The minimum Gasteiger partial charge on any atom is -0.342 e. The lowest BCUT2D eigenvalue weighted by Gasteiger charge is -2.34. The third-order valence-electron chi connectivity index (χ3n) is 2.52. The van der Waals surface area contributed by atoms with Crippen LogP contribution in [0.15, 0.2) is 0 Å². The lowest BCUT2D eigenvalue weighted by atomic mass is 9.92. The van der Waals surface area contributed by atoms with Crippen LogP contribution in [0.1, 0.15) is 41.0 Å². The summed E-state index contributed by atoms with van der Waals surface area (Å²) >= 11 is 0. The first-order valence-corrected chi connectivity index (χ1v) is 4.91. The van der Waals surface area contributed by atoms with Gasteiger partial charge in [-0.1, -0.05) is 28.2 Å². The van der Waals surface area contributed by atoms with Gasteiger partial charge in [0.1, 0.15) is 0 Å². The van der Waals surface area contributed by atoms with Crippen LogP contribution < -0.4 is 0 Å². The van der Waals surface area contributed by atoms with Crippen molar-refractivity contribution in [1.29, 1.82) is 0 Å². The molecule has 0 bridgehead atoms. The maximum Gasteiger partial charge on any atom is 0.222 e. The van der Waals surface area contributed by atoms with Crippen molar-refractivity contribution in [1.82, 2.24) is 4.90 Å². The van der Waals surface area contributed by atoms with Crippen molar-refractivity contribution in [3.8, 4) is 0 Å². The van der Waals surface area contributed by atoms with E-state index in [0.717, 1.165) is 13.1 Å². The molecule has 0 saturated carbocycles. The zero-order valence-electron chi connectivity index (χ0n) is 8.34. The Morgan fingerprint density at radius 3 is 2.15 bits per heavy atom. The van der Waals surface area contributed by atoms with Crippen molar-refractivity contribution in [3.05, 3.63) is 0 Å². The van der Waals surface area contributed by atoms with E-state index in [0.29, 0.717) is 24.2 Å². The normalized spacial score (nSPS) is 28.1. The van der Waals surface area contributed by atoms with Crippen LogP contribution in [-0.2, 0) is 4.79 Å². The average Bonchev–Trinajstić information content (AvgIpc) is 2.01. The molecule has 0 aromatic heterocycles. The van der Waals surface area contributed by atoms with E-state index in [2.05, 4.69) is 13.8 Å². The molecule has 1 saturated heterocycles. The molecule has 1 heterocycles. The highest BCUT2D eigenvalue weighted by Crippen LogP contribution is 2.21. The Balaban J connectivity index is 0.00000144. The van der Waals surface area contributed by atoms with Crippen molar-refractivity contribution in [2.45, 2.75) is 41.0 Å². The zero-order valence-corrected chi connectivity index (χ0v) is 8.34. The van der Waals surface area contributed by atoms with Crippen LogP contribution in [0, 0.1) is 11.8 Å². The molecule has 1 rings (SSSR count). The molecule has 0 spiro atoms. The van der Waals surface area contributed by atoms with Crippen molar-refractivity contribution in [2.75, 3.05) is 13.1 Å². The predicted octanol–water partition coefficient (Wildman–Crippen LogP) is 2.54. The second-order valence-corrected chi connectivity index (χ2v) is 4.10. The highest BCUT2D eigenvalue weighted by molar-refractivity contribution is 5.75. The summed E-state index contributed by atoms with van der Waals surface area (Å²) in [6.45, 7) is 8.33. The summed E-state index contributed by atoms with van der Waals surface area (Å²) in [4.78, 5) is 13.4. The Bertz CT molecular complexity index is 157. The summed E-state index contributed by atoms with van der Waals surface area (Å²) in [5.74, 6) is 1.68. The predicted molar refractivity (Wildman–Crippen MR) is 56.5 cm³/mol. The number of likely N-dealkylation sites (tertiary alicyclic amines) is 1. The van der Waals surface area contributed by atoms with Crippen LogP contribution in [0.2, 0.25) is 0 Å². The first kappa shape index (κ1) is 12.5. The van der Waals surface area contributed by atoms with Gasteiger partial charge in [-0.05, 0) is 18.3 Å². The molecule has 78 valence electrons. The van der Waals surface area contributed by atoms with Gasteiger partial charge in [-0.2, -0.15) is 0 Å². The second-order valence-electron chi connectivity index (χ2n) is 4.10. The molecule has 0 aromatic carbocycles. The third kappa shape index (κ3) is 3.37. The average molecular weight is 185 g/mol. The number of nitrogens with zero attached hydrogens (tertiary/aromatic N) is 1. The molecule has 2 nitrogen and oxygen atoms in total. The molecule has 0 radical (unpaired) electrons. The number of piperidine rings is 1. The molecule has 0 N–H and O–H groups in total. The fraction of sp³-hybridized carbons (Fsp3) is 0.909. The van der Waals surface area contributed by atoms with E-state index >= 15 is 0 Å². The molecular formula is C11H23NO. The van der Waals surface area contributed by atoms with Gasteiger partial charge in [0.05, 0.1) is 0 Å². The monoisotopic (exact) mass is 185 g/mol. The number of carbonyl (C=O) groups is 1. The molecule has 2 heteroatoms. The lowest BCUT2D eigenvalue weighted by Crippen LogP contribution is -2.42. The van der Waals surface area contributed by atoms with Crippen LogP contribution >= 0.6 is 0 Å². The molecule has 0 aromatic rings. The number of hydrogen-bond acceptors (Lipinski definition) is 1. The summed E-state index contributed by atoms with van der Waals surface area (Å²) in [5.41, 5.74) is 0. The van der Waals surface area contributed by atoms with Gasteiger partial charge in [-0.3, -0.25) is 4.79 Å². The SMILES string of the molecule is C.CCC(=O)N1CC(C)CC(C)C1. The van der Waals surface area contributed by atoms with Gasteiger partial charge >= 0.3 is 0 Å². The molecule has 2 atom stereocenters. The molecule has 0 aliphatic carbocycles. The smallest absolute Gasteiger partial charge is 0.222 e. The Morgan fingerprint density at radius 1 is 1.31 bits per heavy atom. The fourth-order valence-electron chi connectivity index (χ4n) is 2.09. The van der Waals surface area contributed by atoms with E-state index in [4.69, 9.17) is 0 Å². The molecule has 1 aliphatic rings. The van der Waals surface area contributed by atoms with Gasteiger partial charge in [-0.25, -0.2) is 0 Å². The van der Waals surface area contributed by atoms with E-state index in [1.807, 2.05) is 11.8 Å². The molecule has 1 aliphatic heterocycles. The Kier molecular flexibility index (Phi) is 5.04. The maximum absolute atomic E-state index is 11.4. The first-order chi connectivity index (χ1) is 5.63. The van der Waals surface area contributed by atoms with E-state index in [1.54, 1.807) is 0 Å². The third-order valence-corrected chi connectivity index (χ3v) is 2.52. The minimum atomic E-state index is 0. The number of hydrogen-bond donors (Lipinski definition) is 0. The van der Waals surface area contributed by atoms with Crippen LogP contribution in [0.4, 0.5) is 0 Å². The number of rotatable bonds is 1. The summed E-state index contributed by atoms with van der Waals surface area (Å²) in [6.07, 6.45) is 1.92. The van der Waals surface area contributed by atoms with E-state index in [1.165, 1.54) is 6.42 Å². The Labute approximate surface area is 82.3 Å². The van der Waals surface area contributed by atoms with Crippen LogP contribution in [-0.4, -0.2) is 23.9 Å². The maximum atomic E-state index is 11.4. The summed E-state index contributed by atoms with van der Waals surface area (Å²) in [6, 6.07) is 0. The van der Waals surface area contributed by atoms with E-state index in [-0.39, 0.29) is 7.43 Å². The van der Waals surface area contributed by atoms with Crippen LogP contribution in [0.25, 0.3) is 0 Å². The van der Waals surface area contributed by atoms with Gasteiger partial charge in [0, 0.05) is 19.5 Å². The minimum absolute atomic E-state index is 0. The molecule has 1 amide bonds. The first-order valence-electron chi connectivity index (χ1n) is 4.91. The highest BCUT2D eigenvalue weighted by Gasteiger charge is 2.23. The van der Waals surface area contributed by atoms with Crippen molar-refractivity contribution >= 4 is 5.91 Å². The molecule has 13 heavy (non-hydrogen) atoms. The summed E-state index contributed by atoms with van der Waals surface area (Å²) in [5, 5.41) is 0.